The lowest BCUT2D eigenvalue weighted by Crippen LogP contribution is -2.43. The third-order valence-electron chi connectivity index (χ3n) is 4.90. The quantitative estimate of drug-likeness (QED) is 0.785. The molecule has 146 valence electrons. The Kier molecular flexibility index (Phi) is 5.33. The van der Waals surface area contributed by atoms with Crippen molar-refractivity contribution in [1.82, 2.24) is 5.32 Å². The zero-order chi connectivity index (χ0) is 18.8. The minimum absolute atomic E-state index is 0.0150. The lowest BCUT2D eigenvalue weighted by atomic mass is 10.0. The summed E-state index contributed by atoms with van der Waals surface area (Å²) in [6, 6.07) is 6.28. The minimum atomic E-state index is -0.134. The summed E-state index contributed by atoms with van der Waals surface area (Å²) < 4.78 is 16.9. The summed E-state index contributed by atoms with van der Waals surface area (Å²) in [5.41, 5.74) is 4.39. The molecule has 2 N–H and O–H groups in total. The molecule has 0 atom stereocenters. The number of hydrogen-bond acceptors (Lipinski definition) is 6. The Labute approximate surface area is 159 Å². The first-order chi connectivity index (χ1) is 13.1. The largest absolute Gasteiger partial charge is 0.383 e. The van der Waals surface area contributed by atoms with Crippen LogP contribution in [-0.2, 0) is 19.0 Å². The lowest BCUT2D eigenvalue weighted by Gasteiger charge is -2.27. The molecule has 0 saturated carbocycles. The number of benzene rings is 1. The molecule has 4 rings (SSSR count). The van der Waals surface area contributed by atoms with Crippen molar-refractivity contribution >= 4 is 22.9 Å². The van der Waals surface area contributed by atoms with Gasteiger partial charge in [-0.05, 0) is 32.0 Å². The van der Waals surface area contributed by atoms with E-state index < -0.39 is 0 Å². The minimum Gasteiger partial charge on any atom is -0.383 e. The molecule has 3 heterocycles. The average Bonchev–Trinajstić information content (AvgIpc) is 2.80. The van der Waals surface area contributed by atoms with E-state index in [1.807, 2.05) is 17.0 Å². The maximum atomic E-state index is 13.4. The fourth-order valence-electron chi connectivity index (χ4n) is 3.78. The maximum Gasteiger partial charge on any atom is 0.261 e. The highest BCUT2D eigenvalue weighted by Gasteiger charge is 2.40. The van der Waals surface area contributed by atoms with E-state index in [-0.39, 0.29) is 11.9 Å². The van der Waals surface area contributed by atoms with Crippen molar-refractivity contribution in [3.05, 3.63) is 29.5 Å². The van der Waals surface area contributed by atoms with E-state index in [1.54, 1.807) is 0 Å². The summed E-state index contributed by atoms with van der Waals surface area (Å²) in [6.45, 7) is 8.06. The smallest absolute Gasteiger partial charge is 0.261 e. The molecule has 0 radical (unpaired) electrons. The molecule has 0 unspecified atom stereocenters. The van der Waals surface area contributed by atoms with Gasteiger partial charge in [0.15, 0.2) is 0 Å². The van der Waals surface area contributed by atoms with Crippen LogP contribution >= 0.6 is 0 Å². The van der Waals surface area contributed by atoms with Crippen LogP contribution in [0.2, 0.25) is 0 Å². The van der Waals surface area contributed by atoms with Crippen LogP contribution in [-0.4, -0.2) is 64.2 Å². The van der Waals surface area contributed by atoms with Crippen LogP contribution in [0.4, 0.5) is 11.4 Å². The van der Waals surface area contributed by atoms with Gasteiger partial charge in [0.1, 0.15) is 0 Å². The predicted molar refractivity (Wildman–Crippen MR) is 104 cm³/mol. The summed E-state index contributed by atoms with van der Waals surface area (Å²) in [5.74, 6) is -0.0150. The van der Waals surface area contributed by atoms with E-state index >= 15 is 0 Å². The number of amides is 1. The monoisotopic (exact) mass is 373 g/mol. The van der Waals surface area contributed by atoms with Gasteiger partial charge in [-0.1, -0.05) is 0 Å². The Morgan fingerprint density at radius 2 is 1.93 bits per heavy atom. The highest BCUT2D eigenvalue weighted by molar-refractivity contribution is 6.33. The number of ether oxygens (including phenoxy) is 3. The highest BCUT2D eigenvalue weighted by Crippen LogP contribution is 2.41. The highest BCUT2D eigenvalue weighted by atomic mass is 16.5. The van der Waals surface area contributed by atoms with E-state index in [4.69, 9.17) is 14.2 Å². The first-order valence-electron chi connectivity index (χ1n) is 9.60. The SMILES string of the molecule is CC(C)Nc1ccc2c(c1)/C(=C1\COCCN1)C(=O)N2C1COCCOC1. The second-order valence-electron chi connectivity index (χ2n) is 7.34. The summed E-state index contributed by atoms with van der Waals surface area (Å²) in [6.07, 6.45) is 0. The van der Waals surface area contributed by atoms with Gasteiger partial charge in [-0.2, -0.15) is 0 Å². The van der Waals surface area contributed by atoms with Crippen LogP contribution in [0.5, 0.6) is 0 Å². The summed E-state index contributed by atoms with van der Waals surface area (Å²) >= 11 is 0. The first kappa shape index (κ1) is 18.3. The maximum absolute atomic E-state index is 13.4. The molecular weight excluding hydrogens is 346 g/mol. The van der Waals surface area contributed by atoms with Crippen molar-refractivity contribution in [1.29, 1.82) is 0 Å². The first-order valence-corrected chi connectivity index (χ1v) is 9.60. The number of carbonyl (C=O) groups excluding carboxylic acids is 1. The van der Waals surface area contributed by atoms with Crippen molar-refractivity contribution in [2.45, 2.75) is 25.9 Å². The van der Waals surface area contributed by atoms with Gasteiger partial charge in [0.2, 0.25) is 0 Å². The molecule has 1 amide bonds. The molecule has 2 saturated heterocycles. The second kappa shape index (κ2) is 7.88. The van der Waals surface area contributed by atoms with Crippen LogP contribution in [0, 0.1) is 0 Å². The van der Waals surface area contributed by atoms with E-state index in [2.05, 4.69) is 30.5 Å². The summed E-state index contributed by atoms with van der Waals surface area (Å²) in [7, 11) is 0. The van der Waals surface area contributed by atoms with E-state index in [9.17, 15) is 4.79 Å². The molecular formula is C20H27N3O4. The summed E-state index contributed by atoms with van der Waals surface area (Å²) in [5, 5.41) is 6.78. The average molecular weight is 373 g/mol. The molecule has 7 nitrogen and oxygen atoms in total. The Balaban J connectivity index is 1.76. The van der Waals surface area contributed by atoms with Crippen LogP contribution in [0.25, 0.3) is 5.57 Å². The Hall–Kier alpha value is -2.09. The van der Waals surface area contributed by atoms with Crippen molar-refractivity contribution in [3.8, 4) is 0 Å². The van der Waals surface area contributed by atoms with E-state index in [0.29, 0.717) is 57.8 Å². The molecule has 7 heteroatoms. The summed E-state index contributed by atoms with van der Waals surface area (Å²) in [4.78, 5) is 15.3. The number of nitrogens with zero attached hydrogens (tertiary/aromatic N) is 1. The molecule has 0 aromatic heterocycles. The number of hydrogen-bond donors (Lipinski definition) is 2. The Morgan fingerprint density at radius 3 is 2.59 bits per heavy atom. The van der Waals surface area contributed by atoms with Crippen LogP contribution < -0.4 is 15.5 Å². The standard InChI is InChI=1S/C20H27N3O4/c1-13(2)22-14-3-4-18-16(9-14)19(17-12-25-6-5-21-17)20(24)23(18)15-10-26-7-8-27-11-15/h3-4,9,13,15,21-22H,5-8,10-12H2,1-2H3/b19-17-. The van der Waals surface area contributed by atoms with Gasteiger partial charge < -0.3 is 24.8 Å². The molecule has 27 heavy (non-hydrogen) atoms. The zero-order valence-corrected chi connectivity index (χ0v) is 15.9. The van der Waals surface area contributed by atoms with Gasteiger partial charge in [-0.15, -0.1) is 0 Å². The van der Waals surface area contributed by atoms with Gasteiger partial charge in [0, 0.05) is 23.8 Å². The third kappa shape index (κ3) is 3.67. The van der Waals surface area contributed by atoms with Gasteiger partial charge in [0.05, 0.1) is 62.6 Å². The van der Waals surface area contributed by atoms with Gasteiger partial charge in [0.25, 0.3) is 5.91 Å². The van der Waals surface area contributed by atoms with Crippen LogP contribution in [0.1, 0.15) is 19.4 Å². The number of rotatable bonds is 3. The molecule has 1 aromatic carbocycles. The molecule has 0 spiro atoms. The Bertz CT molecular complexity index is 731. The van der Waals surface area contributed by atoms with Gasteiger partial charge in [-0.3, -0.25) is 9.69 Å². The molecule has 3 aliphatic rings. The van der Waals surface area contributed by atoms with Crippen LogP contribution in [0.3, 0.4) is 0 Å². The van der Waals surface area contributed by atoms with E-state index in [0.717, 1.165) is 22.6 Å². The molecule has 0 aliphatic carbocycles. The van der Waals surface area contributed by atoms with Crippen molar-refractivity contribution in [2.24, 2.45) is 0 Å². The Morgan fingerprint density at radius 1 is 1.15 bits per heavy atom. The fraction of sp³-hybridized carbons (Fsp3) is 0.550. The van der Waals surface area contributed by atoms with Crippen molar-refractivity contribution < 1.29 is 19.0 Å². The molecule has 2 fully saturated rings. The number of nitrogens with one attached hydrogen (secondary N) is 2. The van der Waals surface area contributed by atoms with E-state index in [1.165, 1.54) is 0 Å². The topological polar surface area (TPSA) is 72.1 Å². The lowest BCUT2D eigenvalue weighted by molar-refractivity contribution is -0.113. The number of fused-ring (bicyclic) bond motifs is 1. The fourth-order valence-corrected chi connectivity index (χ4v) is 3.78. The predicted octanol–water partition coefficient (Wildman–Crippen LogP) is 1.60. The van der Waals surface area contributed by atoms with Gasteiger partial charge in [-0.25, -0.2) is 0 Å². The number of anilines is 2. The number of carbonyl (C=O) groups is 1. The second-order valence-corrected chi connectivity index (χ2v) is 7.34. The molecule has 0 bridgehead atoms. The van der Waals surface area contributed by atoms with Crippen LogP contribution in [0.15, 0.2) is 23.9 Å². The zero-order valence-electron chi connectivity index (χ0n) is 15.9. The number of morpholine rings is 1. The molecule has 1 aromatic rings. The van der Waals surface area contributed by atoms with Crippen molar-refractivity contribution in [2.75, 3.05) is 56.4 Å². The van der Waals surface area contributed by atoms with Crippen molar-refractivity contribution in [3.63, 3.8) is 0 Å². The molecule has 3 aliphatic heterocycles. The van der Waals surface area contributed by atoms with Gasteiger partial charge >= 0.3 is 0 Å². The normalized spacial score (nSPS) is 24.0. The third-order valence-corrected chi connectivity index (χ3v) is 4.90.